The van der Waals surface area contributed by atoms with Crippen LogP contribution in [0.3, 0.4) is 0 Å². The fourth-order valence-corrected chi connectivity index (χ4v) is 3.01. The molecule has 0 aromatic heterocycles. The SMILES string of the molecule is CCNC(=O)[C@@H](C)N(Cc1cccc(C)c1)C(=O)COc1cccc(C)c1C. The maximum Gasteiger partial charge on any atom is 0.261 e. The molecule has 0 spiro atoms. The molecular formula is C23H30N2O3. The van der Waals surface area contributed by atoms with E-state index in [2.05, 4.69) is 5.32 Å². The molecular weight excluding hydrogens is 352 g/mol. The summed E-state index contributed by atoms with van der Waals surface area (Å²) in [4.78, 5) is 26.9. The second kappa shape index (κ2) is 9.93. The highest BCUT2D eigenvalue weighted by molar-refractivity contribution is 5.87. The van der Waals surface area contributed by atoms with Crippen molar-refractivity contribution in [1.82, 2.24) is 10.2 Å². The number of rotatable bonds is 8. The molecule has 0 radical (unpaired) electrons. The first-order valence-electron chi connectivity index (χ1n) is 9.65. The van der Waals surface area contributed by atoms with Gasteiger partial charge in [0.15, 0.2) is 6.61 Å². The summed E-state index contributed by atoms with van der Waals surface area (Å²) < 4.78 is 5.79. The van der Waals surface area contributed by atoms with E-state index in [1.165, 1.54) is 0 Å². The number of hydrogen-bond acceptors (Lipinski definition) is 3. The summed E-state index contributed by atoms with van der Waals surface area (Å²) in [6.07, 6.45) is 0. The first-order chi connectivity index (χ1) is 13.3. The average Bonchev–Trinajstić information content (AvgIpc) is 2.66. The van der Waals surface area contributed by atoms with Crippen LogP contribution in [0.2, 0.25) is 0 Å². The largest absolute Gasteiger partial charge is 0.483 e. The summed E-state index contributed by atoms with van der Waals surface area (Å²) in [6, 6.07) is 13.1. The molecule has 1 N–H and O–H groups in total. The molecule has 0 fully saturated rings. The van der Waals surface area contributed by atoms with Gasteiger partial charge in [-0.2, -0.15) is 0 Å². The smallest absolute Gasteiger partial charge is 0.261 e. The number of amides is 2. The molecule has 5 heteroatoms. The van der Waals surface area contributed by atoms with Crippen molar-refractivity contribution in [3.05, 3.63) is 64.7 Å². The Labute approximate surface area is 167 Å². The molecule has 2 amide bonds. The molecule has 0 bridgehead atoms. The predicted octanol–water partition coefficient (Wildman–Crippen LogP) is 3.54. The third-order valence-corrected chi connectivity index (χ3v) is 4.86. The van der Waals surface area contributed by atoms with Gasteiger partial charge in [-0.3, -0.25) is 9.59 Å². The van der Waals surface area contributed by atoms with Crippen molar-refractivity contribution in [3.8, 4) is 5.75 Å². The Morgan fingerprint density at radius 3 is 2.50 bits per heavy atom. The lowest BCUT2D eigenvalue weighted by atomic mass is 10.1. The van der Waals surface area contributed by atoms with E-state index in [0.717, 1.165) is 22.3 Å². The standard InChI is InChI=1S/C23H30N2O3/c1-6-24-23(27)19(5)25(14-20-11-7-9-16(2)13-20)22(26)15-28-21-12-8-10-17(3)18(21)4/h7-13,19H,6,14-15H2,1-5H3,(H,24,27)/t19-/m1/s1. The van der Waals surface area contributed by atoms with Gasteiger partial charge in [-0.1, -0.05) is 42.0 Å². The molecule has 2 aromatic rings. The topological polar surface area (TPSA) is 58.6 Å². The van der Waals surface area contributed by atoms with Gasteiger partial charge < -0.3 is 15.0 Å². The van der Waals surface area contributed by atoms with Gasteiger partial charge in [-0.05, 0) is 57.4 Å². The normalized spacial score (nSPS) is 11.6. The van der Waals surface area contributed by atoms with E-state index in [0.29, 0.717) is 18.8 Å². The molecule has 1 atom stereocenters. The van der Waals surface area contributed by atoms with E-state index in [1.807, 2.05) is 70.2 Å². The molecule has 0 unspecified atom stereocenters. The number of nitrogens with one attached hydrogen (secondary N) is 1. The van der Waals surface area contributed by atoms with Gasteiger partial charge in [0.05, 0.1) is 0 Å². The summed E-state index contributed by atoms with van der Waals surface area (Å²) in [5.41, 5.74) is 4.22. The number of carbonyl (C=O) groups excluding carboxylic acids is 2. The highest BCUT2D eigenvalue weighted by atomic mass is 16.5. The zero-order valence-electron chi connectivity index (χ0n) is 17.4. The Bertz CT molecular complexity index is 832. The Morgan fingerprint density at radius 1 is 1.11 bits per heavy atom. The molecule has 0 saturated heterocycles. The number of ether oxygens (including phenoxy) is 1. The lowest BCUT2D eigenvalue weighted by Crippen LogP contribution is -2.49. The first kappa shape index (κ1) is 21.5. The van der Waals surface area contributed by atoms with Gasteiger partial charge in [0.1, 0.15) is 11.8 Å². The van der Waals surface area contributed by atoms with Crippen LogP contribution < -0.4 is 10.1 Å². The lowest BCUT2D eigenvalue weighted by molar-refractivity contribution is -0.142. The molecule has 28 heavy (non-hydrogen) atoms. The van der Waals surface area contributed by atoms with Gasteiger partial charge in [0, 0.05) is 13.1 Å². The molecule has 0 aliphatic rings. The van der Waals surface area contributed by atoms with E-state index >= 15 is 0 Å². The maximum absolute atomic E-state index is 13.0. The Kier molecular flexibility index (Phi) is 7.61. The Morgan fingerprint density at radius 2 is 1.82 bits per heavy atom. The molecule has 0 heterocycles. The average molecular weight is 383 g/mol. The Balaban J connectivity index is 2.17. The van der Waals surface area contributed by atoms with Gasteiger partial charge in [0.2, 0.25) is 5.91 Å². The van der Waals surface area contributed by atoms with E-state index in [-0.39, 0.29) is 18.4 Å². The zero-order valence-corrected chi connectivity index (χ0v) is 17.4. The summed E-state index contributed by atoms with van der Waals surface area (Å²) >= 11 is 0. The monoisotopic (exact) mass is 382 g/mol. The van der Waals surface area contributed by atoms with Crippen LogP contribution in [0.15, 0.2) is 42.5 Å². The molecule has 5 nitrogen and oxygen atoms in total. The molecule has 0 saturated carbocycles. The van der Waals surface area contributed by atoms with Crippen molar-refractivity contribution < 1.29 is 14.3 Å². The molecule has 0 aliphatic heterocycles. The van der Waals surface area contributed by atoms with Crippen molar-refractivity contribution in [1.29, 1.82) is 0 Å². The number of hydrogen-bond donors (Lipinski definition) is 1. The molecule has 0 aliphatic carbocycles. The second-order valence-electron chi connectivity index (χ2n) is 7.07. The van der Waals surface area contributed by atoms with Gasteiger partial charge in [0.25, 0.3) is 5.91 Å². The summed E-state index contributed by atoms with van der Waals surface area (Å²) in [6.45, 7) is 10.4. The number of likely N-dealkylation sites (N-methyl/N-ethyl adjacent to an activating group) is 1. The van der Waals surface area contributed by atoms with Crippen LogP contribution in [-0.4, -0.2) is 35.9 Å². The van der Waals surface area contributed by atoms with Crippen LogP contribution in [0.1, 0.15) is 36.1 Å². The fraction of sp³-hybridized carbons (Fsp3) is 0.391. The van der Waals surface area contributed by atoms with E-state index < -0.39 is 6.04 Å². The van der Waals surface area contributed by atoms with Crippen molar-refractivity contribution in [3.63, 3.8) is 0 Å². The summed E-state index contributed by atoms with van der Waals surface area (Å²) in [7, 11) is 0. The summed E-state index contributed by atoms with van der Waals surface area (Å²) in [5.74, 6) is 0.297. The van der Waals surface area contributed by atoms with Crippen LogP contribution in [0.5, 0.6) is 5.75 Å². The Hall–Kier alpha value is -2.82. The quantitative estimate of drug-likeness (QED) is 0.760. The van der Waals surface area contributed by atoms with E-state index in [1.54, 1.807) is 11.8 Å². The zero-order chi connectivity index (χ0) is 20.7. The van der Waals surface area contributed by atoms with E-state index in [9.17, 15) is 9.59 Å². The first-order valence-corrected chi connectivity index (χ1v) is 9.65. The third kappa shape index (κ3) is 5.59. The minimum Gasteiger partial charge on any atom is -0.483 e. The predicted molar refractivity (Wildman–Crippen MR) is 111 cm³/mol. The molecule has 150 valence electrons. The van der Waals surface area contributed by atoms with Crippen LogP contribution in [-0.2, 0) is 16.1 Å². The number of aryl methyl sites for hydroxylation is 2. The van der Waals surface area contributed by atoms with Crippen molar-refractivity contribution in [2.75, 3.05) is 13.2 Å². The van der Waals surface area contributed by atoms with Crippen LogP contribution in [0, 0.1) is 20.8 Å². The van der Waals surface area contributed by atoms with Crippen molar-refractivity contribution in [2.45, 2.75) is 47.2 Å². The second-order valence-corrected chi connectivity index (χ2v) is 7.07. The number of nitrogens with zero attached hydrogens (tertiary/aromatic N) is 1. The van der Waals surface area contributed by atoms with Gasteiger partial charge in [-0.25, -0.2) is 0 Å². The minimum atomic E-state index is -0.588. The maximum atomic E-state index is 13.0. The van der Waals surface area contributed by atoms with Gasteiger partial charge >= 0.3 is 0 Å². The highest BCUT2D eigenvalue weighted by Crippen LogP contribution is 2.21. The van der Waals surface area contributed by atoms with Crippen molar-refractivity contribution >= 4 is 11.8 Å². The molecule has 2 aromatic carbocycles. The van der Waals surface area contributed by atoms with Crippen LogP contribution in [0.25, 0.3) is 0 Å². The van der Waals surface area contributed by atoms with Crippen LogP contribution in [0.4, 0.5) is 0 Å². The minimum absolute atomic E-state index is 0.111. The highest BCUT2D eigenvalue weighted by Gasteiger charge is 2.26. The third-order valence-electron chi connectivity index (χ3n) is 4.86. The number of carbonyl (C=O) groups is 2. The fourth-order valence-electron chi connectivity index (χ4n) is 3.01. The van der Waals surface area contributed by atoms with Crippen LogP contribution >= 0.6 is 0 Å². The number of benzene rings is 2. The lowest BCUT2D eigenvalue weighted by Gasteiger charge is -2.29. The molecule has 2 rings (SSSR count). The summed E-state index contributed by atoms with van der Waals surface area (Å²) in [5, 5.41) is 2.79. The van der Waals surface area contributed by atoms with E-state index in [4.69, 9.17) is 4.74 Å². The van der Waals surface area contributed by atoms with Crippen molar-refractivity contribution in [2.24, 2.45) is 0 Å². The van der Waals surface area contributed by atoms with Gasteiger partial charge in [-0.15, -0.1) is 0 Å².